The fourth-order valence-corrected chi connectivity index (χ4v) is 2.97. The molecule has 27 heavy (non-hydrogen) atoms. The van der Waals surface area contributed by atoms with Crippen molar-refractivity contribution in [3.63, 3.8) is 0 Å². The lowest BCUT2D eigenvalue weighted by Gasteiger charge is -2.38. The van der Waals surface area contributed by atoms with Gasteiger partial charge >= 0.3 is 19.0 Å². The Kier molecular flexibility index (Phi) is 5.67. The van der Waals surface area contributed by atoms with Crippen molar-refractivity contribution in [1.29, 1.82) is 0 Å². The highest BCUT2D eigenvalue weighted by Gasteiger charge is 2.32. The number of ether oxygens (including phenoxy) is 1. The largest absolute Gasteiger partial charge is 0.509 e. The number of aromatic carboxylic acids is 1. The zero-order valence-corrected chi connectivity index (χ0v) is 15.8. The number of hydrogen-bond donors (Lipinski definition) is 1. The lowest BCUT2D eigenvalue weighted by Crippen LogP contribution is -2.50. The average molecular weight is 387 g/mol. The molecule has 0 unspecified atom stereocenters. The maximum Gasteiger partial charge on any atom is 0.509 e. The summed E-state index contributed by atoms with van der Waals surface area (Å²) in [6.07, 6.45) is -0.475. The summed E-state index contributed by atoms with van der Waals surface area (Å²) in [6.45, 7) is 2.38. The second kappa shape index (κ2) is 7.32. The Bertz CT molecular complexity index is 739. The summed E-state index contributed by atoms with van der Waals surface area (Å²) in [5.74, 6) is -1.41. The molecule has 0 bridgehead atoms. The van der Waals surface area contributed by atoms with Gasteiger partial charge in [0, 0.05) is 31.9 Å². The molecule has 10 heteroatoms. The summed E-state index contributed by atoms with van der Waals surface area (Å²) in [5, 5.41) is 9.16. The van der Waals surface area contributed by atoms with Crippen molar-refractivity contribution in [3.8, 4) is 0 Å². The summed E-state index contributed by atoms with van der Waals surface area (Å²) in [6, 6.07) is 1.93. The summed E-state index contributed by atoms with van der Waals surface area (Å²) in [7, 11) is 0. The van der Waals surface area contributed by atoms with Gasteiger partial charge in [-0.25, -0.2) is 9.59 Å². The van der Waals surface area contributed by atoms with E-state index in [1.165, 1.54) is 17.9 Å². The standard InChI is InChI=1S/C17H23BF3N2O4/c1-11-13(18(19,20)21)9-12(15(24)25)10-14(11)22-5-7-23(8-6-22)16(26)27-17(2,3)4/h9-10H,5-8H2,1-4H3,(H,24,25)/q-1. The molecule has 0 aliphatic carbocycles. The van der Waals surface area contributed by atoms with Gasteiger partial charge in [-0.1, -0.05) is 11.6 Å². The predicted molar refractivity (Wildman–Crippen MR) is 96.9 cm³/mol. The first-order valence-corrected chi connectivity index (χ1v) is 8.60. The normalized spacial score (nSPS) is 15.7. The van der Waals surface area contributed by atoms with Crippen LogP contribution >= 0.6 is 0 Å². The van der Waals surface area contributed by atoms with Crippen LogP contribution in [0.15, 0.2) is 12.1 Å². The van der Waals surface area contributed by atoms with Gasteiger partial charge < -0.3 is 32.6 Å². The molecule has 1 amide bonds. The lowest BCUT2D eigenvalue weighted by atomic mass is 9.75. The molecule has 1 aromatic rings. The van der Waals surface area contributed by atoms with Gasteiger partial charge in [0.1, 0.15) is 5.60 Å². The van der Waals surface area contributed by atoms with E-state index in [2.05, 4.69) is 0 Å². The van der Waals surface area contributed by atoms with Gasteiger partial charge in [-0.3, -0.25) is 0 Å². The van der Waals surface area contributed by atoms with E-state index in [-0.39, 0.29) is 37.4 Å². The molecule has 1 N–H and O–H groups in total. The number of anilines is 1. The maximum absolute atomic E-state index is 13.3. The predicted octanol–water partition coefficient (Wildman–Crippen LogP) is 2.80. The van der Waals surface area contributed by atoms with Gasteiger partial charge in [-0.15, -0.1) is 5.46 Å². The number of carboxylic acids is 1. The number of nitrogens with zero attached hydrogens (tertiary/aromatic N) is 2. The van der Waals surface area contributed by atoms with Crippen molar-refractivity contribution in [1.82, 2.24) is 4.90 Å². The molecular weight excluding hydrogens is 364 g/mol. The molecule has 1 fully saturated rings. The third kappa shape index (κ3) is 5.08. The second-order valence-electron chi connectivity index (χ2n) is 7.54. The van der Waals surface area contributed by atoms with Crippen LogP contribution in [-0.4, -0.2) is 60.8 Å². The molecule has 0 radical (unpaired) electrons. The molecule has 1 saturated heterocycles. The smallest absolute Gasteiger partial charge is 0.478 e. The SMILES string of the molecule is Cc1c(N2CCN(C(=O)OC(C)(C)C)CC2)cc(C(=O)O)cc1[B-](F)(F)F. The maximum atomic E-state index is 13.3. The van der Waals surface area contributed by atoms with E-state index in [0.717, 1.165) is 0 Å². The van der Waals surface area contributed by atoms with E-state index in [1.54, 1.807) is 25.7 Å². The van der Waals surface area contributed by atoms with Crippen molar-refractivity contribution in [2.24, 2.45) is 0 Å². The van der Waals surface area contributed by atoms with E-state index >= 15 is 0 Å². The summed E-state index contributed by atoms with van der Waals surface area (Å²) in [5.41, 5.74) is -1.71. The number of halogens is 3. The van der Waals surface area contributed by atoms with Gasteiger partial charge in [0.2, 0.25) is 0 Å². The zero-order valence-electron chi connectivity index (χ0n) is 15.8. The molecule has 1 heterocycles. The molecule has 2 rings (SSSR count). The molecule has 1 aliphatic heterocycles. The Balaban J connectivity index is 2.24. The number of rotatable bonds is 3. The minimum Gasteiger partial charge on any atom is -0.478 e. The highest BCUT2D eigenvalue weighted by molar-refractivity contribution is 6.74. The third-order valence-corrected chi connectivity index (χ3v) is 4.29. The van der Waals surface area contributed by atoms with Crippen LogP contribution in [0.25, 0.3) is 0 Å². The molecule has 1 aliphatic rings. The van der Waals surface area contributed by atoms with E-state index in [0.29, 0.717) is 6.07 Å². The van der Waals surface area contributed by atoms with Gasteiger partial charge in [-0.05, 0) is 33.8 Å². The number of benzene rings is 1. The molecular formula is C17H23BF3N2O4-. The van der Waals surface area contributed by atoms with Crippen LogP contribution in [0.3, 0.4) is 0 Å². The molecule has 0 atom stereocenters. The topological polar surface area (TPSA) is 70.1 Å². The van der Waals surface area contributed by atoms with E-state index < -0.39 is 35.7 Å². The first-order valence-electron chi connectivity index (χ1n) is 8.60. The lowest BCUT2D eigenvalue weighted by molar-refractivity contribution is 0.0240. The molecule has 0 aromatic heterocycles. The number of carbonyl (C=O) groups is 2. The molecule has 1 aromatic carbocycles. The van der Waals surface area contributed by atoms with Gasteiger partial charge in [0.25, 0.3) is 0 Å². The third-order valence-electron chi connectivity index (χ3n) is 4.29. The van der Waals surface area contributed by atoms with Gasteiger partial charge in [0.15, 0.2) is 0 Å². The second-order valence-corrected chi connectivity index (χ2v) is 7.54. The summed E-state index contributed by atoms with van der Waals surface area (Å²) < 4.78 is 45.3. The first-order chi connectivity index (χ1) is 12.3. The van der Waals surface area contributed by atoms with E-state index in [9.17, 15) is 22.5 Å². The summed E-state index contributed by atoms with van der Waals surface area (Å²) >= 11 is 0. The van der Waals surface area contributed by atoms with E-state index in [4.69, 9.17) is 9.84 Å². The summed E-state index contributed by atoms with van der Waals surface area (Å²) in [4.78, 5) is 26.5. The Morgan fingerprint density at radius 1 is 1.11 bits per heavy atom. The number of carbonyl (C=O) groups excluding carboxylic acids is 1. The van der Waals surface area contributed by atoms with Crippen LogP contribution in [0.5, 0.6) is 0 Å². The van der Waals surface area contributed by atoms with Crippen LogP contribution in [0.1, 0.15) is 36.7 Å². The van der Waals surface area contributed by atoms with Gasteiger partial charge in [0.05, 0.1) is 5.56 Å². The van der Waals surface area contributed by atoms with Crippen LogP contribution in [0, 0.1) is 6.92 Å². The Labute approximate surface area is 155 Å². The average Bonchev–Trinajstić information content (AvgIpc) is 2.52. The fourth-order valence-electron chi connectivity index (χ4n) is 2.97. The number of carboxylic acid groups (broad SMARTS) is 1. The minimum absolute atomic E-state index is 0.00165. The van der Waals surface area contributed by atoms with Crippen molar-refractivity contribution < 1.29 is 32.4 Å². The molecule has 150 valence electrons. The van der Waals surface area contributed by atoms with Crippen molar-refractivity contribution in [2.45, 2.75) is 33.3 Å². The molecule has 0 saturated carbocycles. The van der Waals surface area contributed by atoms with Crippen molar-refractivity contribution >= 4 is 30.2 Å². The monoisotopic (exact) mass is 387 g/mol. The van der Waals surface area contributed by atoms with E-state index in [1.807, 2.05) is 0 Å². The quantitative estimate of drug-likeness (QED) is 0.808. The molecule has 0 spiro atoms. The Morgan fingerprint density at radius 3 is 2.11 bits per heavy atom. The van der Waals surface area contributed by atoms with Gasteiger partial charge in [-0.2, -0.15) is 0 Å². The Morgan fingerprint density at radius 2 is 1.67 bits per heavy atom. The highest BCUT2D eigenvalue weighted by atomic mass is 19.4. The van der Waals surface area contributed by atoms with Crippen LogP contribution in [-0.2, 0) is 4.74 Å². The zero-order chi connectivity index (χ0) is 20.6. The van der Waals surface area contributed by atoms with Crippen LogP contribution < -0.4 is 10.4 Å². The number of hydrogen-bond acceptors (Lipinski definition) is 4. The highest BCUT2D eigenvalue weighted by Crippen LogP contribution is 2.26. The number of piperazine rings is 1. The van der Waals surface area contributed by atoms with Crippen LogP contribution in [0.2, 0.25) is 0 Å². The fraction of sp³-hybridized carbons (Fsp3) is 0.529. The van der Waals surface area contributed by atoms with Crippen molar-refractivity contribution in [2.75, 3.05) is 31.1 Å². The number of amides is 1. The van der Waals surface area contributed by atoms with Crippen LogP contribution in [0.4, 0.5) is 23.4 Å². The molecule has 6 nitrogen and oxygen atoms in total. The first kappa shape index (κ1) is 20.9. The minimum atomic E-state index is -5.34. The van der Waals surface area contributed by atoms with Crippen molar-refractivity contribution in [3.05, 3.63) is 23.3 Å². The Hall–Kier alpha value is -2.39.